The molecule has 0 spiro atoms. The molecule has 0 saturated carbocycles. The van der Waals surface area contributed by atoms with Gasteiger partial charge in [-0.25, -0.2) is 0 Å². The van der Waals surface area contributed by atoms with Crippen LogP contribution in [0.5, 0.6) is 0 Å². The van der Waals surface area contributed by atoms with Crippen molar-refractivity contribution >= 4 is 23.0 Å². The number of nitrogens with zero attached hydrogens (tertiary/aromatic N) is 1. The summed E-state index contributed by atoms with van der Waals surface area (Å²) >= 11 is 5.81. The lowest BCUT2D eigenvalue weighted by Crippen LogP contribution is -2.19. The van der Waals surface area contributed by atoms with Crippen molar-refractivity contribution in [3.63, 3.8) is 0 Å². The average molecular weight is 243 g/mol. The third-order valence-corrected chi connectivity index (χ3v) is 2.68. The zero-order valence-electron chi connectivity index (χ0n) is 8.48. The molecule has 16 heavy (non-hydrogen) atoms. The summed E-state index contributed by atoms with van der Waals surface area (Å²) in [6.07, 6.45) is 0.851. The smallest absolute Gasteiger partial charge is 0.292 e. The van der Waals surface area contributed by atoms with Crippen molar-refractivity contribution in [2.24, 2.45) is 0 Å². The highest BCUT2D eigenvalue weighted by molar-refractivity contribution is 6.31. The van der Waals surface area contributed by atoms with Crippen LogP contribution in [0.1, 0.15) is 6.42 Å². The maximum absolute atomic E-state index is 10.8. The van der Waals surface area contributed by atoms with Crippen LogP contribution in [-0.2, 0) is 4.74 Å². The van der Waals surface area contributed by atoms with Crippen LogP contribution in [0.25, 0.3) is 0 Å². The van der Waals surface area contributed by atoms with Gasteiger partial charge in [-0.2, -0.15) is 0 Å². The van der Waals surface area contributed by atoms with Gasteiger partial charge < -0.3 is 10.1 Å². The highest BCUT2D eigenvalue weighted by Crippen LogP contribution is 2.29. The van der Waals surface area contributed by atoms with Gasteiger partial charge in [0.2, 0.25) is 0 Å². The average Bonchev–Trinajstić information content (AvgIpc) is 2.70. The van der Waals surface area contributed by atoms with Gasteiger partial charge >= 0.3 is 0 Å². The molecular weight excluding hydrogens is 232 g/mol. The molecule has 1 N–H and O–H groups in total. The quantitative estimate of drug-likeness (QED) is 0.653. The Morgan fingerprint density at radius 3 is 3.00 bits per heavy atom. The molecule has 0 aliphatic carbocycles. The predicted octanol–water partition coefficient (Wildman–Crippen LogP) is 2.45. The van der Waals surface area contributed by atoms with E-state index in [0.717, 1.165) is 6.42 Å². The van der Waals surface area contributed by atoms with Crippen molar-refractivity contribution in [3.05, 3.63) is 33.3 Å². The molecule has 0 amide bonds. The van der Waals surface area contributed by atoms with Crippen LogP contribution >= 0.6 is 11.6 Å². The minimum absolute atomic E-state index is 0.0382. The molecule has 0 bridgehead atoms. The molecule has 1 atom stereocenters. The van der Waals surface area contributed by atoms with Crippen LogP contribution in [0.15, 0.2) is 18.2 Å². The van der Waals surface area contributed by atoms with Crippen molar-refractivity contribution in [3.8, 4) is 0 Å². The van der Waals surface area contributed by atoms with Gasteiger partial charge in [-0.05, 0) is 18.6 Å². The van der Waals surface area contributed by atoms with E-state index < -0.39 is 4.92 Å². The first kappa shape index (κ1) is 11.2. The second kappa shape index (κ2) is 4.67. The molecule has 0 aromatic heterocycles. The highest BCUT2D eigenvalue weighted by Gasteiger charge is 2.20. The Kier molecular flexibility index (Phi) is 3.26. The number of anilines is 1. The fourth-order valence-electron chi connectivity index (χ4n) is 1.65. The lowest BCUT2D eigenvalue weighted by atomic mass is 10.2. The molecule has 1 fully saturated rings. The maximum Gasteiger partial charge on any atom is 0.292 e. The van der Waals surface area contributed by atoms with Crippen LogP contribution < -0.4 is 5.32 Å². The molecule has 86 valence electrons. The SMILES string of the molecule is O=[N+]([O-])c1ccc(Cl)cc1NC1CCOC1. The number of halogens is 1. The van der Waals surface area contributed by atoms with E-state index in [-0.39, 0.29) is 11.7 Å². The number of rotatable bonds is 3. The van der Waals surface area contributed by atoms with Gasteiger partial charge in [-0.1, -0.05) is 11.6 Å². The Morgan fingerprint density at radius 1 is 1.56 bits per heavy atom. The van der Waals surface area contributed by atoms with Crippen LogP contribution in [0, 0.1) is 10.1 Å². The van der Waals surface area contributed by atoms with Gasteiger partial charge in [0.25, 0.3) is 5.69 Å². The lowest BCUT2D eigenvalue weighted by molar-refractivity contribution is -0.384. The van der Waals surface area contributed by atoms with E-state index in [1.54, 1.807) is 6.07 Å². The Bertz CT molecular complexity index is 405. The molecular formula is C10H11ClN2O3. The van der Waals surface area contributed by atoms with Gasteiger partial charge in [-0.3, -0.25) is 10.1 Å². The first-order valence-corrected chi connectivity index (χ1v) is 5.33. The summed E-state index contributed by atoms with van der Waals surface area (Å²) in [5, 5.41) is 14.4. The second-order valence-corrected chi connectivity index (χ2v) is 4.06. The number of nitro groups is 1. The number of hydrogen-bond donors (Lipinski definition) is 1. The van der Waals surface area contributed by atoms with Crippen molar-refractivity contribution in [2.75, 3.05) is 18.5 Å². The number of ether oxygens (including phenoxy) is 1. The van der Waals surface area contributed by atoms with Gasteiger partial charge in [0, 0.05) is 17.7 Å². The molecule has 1 aliphatic rings. The molecule has 1 aromatic rings. The minimum Gasteiger partial charge on any atom is -0.379 e. The number of nitro benzene ring substituents is 1. The molecule has 1 aliphatic heterocycles. The van der Waals surface area contributed by atoms with Gasteiger partial charge in [0.15, 0.2) is 0 Å². The fourth-order valence-corrected chi connectivity index (χ4v) is 1.82. The summed E-state index contributed by atoms with van der Waals surface area (Å²) in [7, 11) is 0. The van der Waals surface area contributed by atoms with Crippen molar-refractivity contribution < 1.29 is 9.66 Å². The standard InChI is InChI=1S/C10H11ClN2O3/c11-7-1-2-10(13(14)15)9(5-7)12-8-3-4-16-6-8/h1-2,5,8,12H,3-4,6H2. The van der Waals surface area contributed by atoms with E-state index in [2.05, 4.69) is 5.32 Å². The van der Waals surface area contributed by atoms with Crippen LogP contribution in [-0.4, -0.2) is 24.2 Å². The molecule has 1 unspecified atom stereocenters. The van der Waals surface area contributed by atoms with E-state index in [9.17, 15) is 10.1 Å². The van der Waals surface area contributed by atoms with E-state index in [4.69, 9.17) is 16.3 Å². The van der Waals surface area contributed by atoms with E-state index in [0.29, 0.717) is 23.9 Å². The fraction of sp³-hybridized carbons (Fsp3) is 0.400. The molecule has 6 heteroatoms. The zero-order chi connectivity index (χ0) is 11.5. The number of benzene rings is 1. The molecule has 5 nitrogen and oxygen atoms in total. The normalized spacial score (nSPS) is 19.7. The first-order chi connectivity index (χ1) is 7.66. The molecule has 2 rings (SSSR count). The molecule has 0 radical (unpaired) electrons. The lowest BCUT2D eigenvalue weighted by Gasteiger charge is -2.12. The summed E-state index contributed by atoms with van der Waals surface area (Å²) in [6, 6.07) is 4.60. The minimum atomic E-state index is -0.422. The molecule has 1 saturated heterocycles. The first-order valence-electron chi connectivity index (χ1n) is 4.95. The largest absolute Gasteiger partial charge is 0.379 e. The highest BCUT2D eigenvalue weighted by atomic mass is 35.5. The summed E-state index contributed by atoms with van der Waals surface area (Å²) in [6.45, 7) is 1.26. The van der Waals surface area contributed by atoms with Gasteiger partial charge in [-0.15, -0.1) is 0 Å². The Hall–Kier alpha value is -1.33. The van der Waals surface area contributed by atoms with Crippen LogP contribution in [0.3, 0.4) is 0 Å². The summed E-state index contributed by atoms with van der Waals surface area (Å²) < 4.78 is 5.19. The third-order valence-electron chi connectivity index (χ3n) is 2.44. The van der Waals surface area contributed by atoms with E-state index >= 15 is 0 Å². The summed E-state index contributed by atoms with van der Waals surface area (Å²) in [5.74, 6) is 0. The van der Waals surface area contributed by atoms with Crippen LogP contribution in [0.2, 0.25) is 5.02 Å². The van der Waals surface area contributed by atoms with Crippen LogP contribution in [0.4, 0.5) is 11.4 Å². The second-order valence-electron chi connectivity index (χ2n) is 3.62. The van der Waals surface area contributed by atoms with E-state index in [1.807, 2.05) is 0 Å². The Balaban J connectivity index is 2.22. The predicted molar refractivity (Wildman–Crippen MR) is 61.0 cm³/mol. The number of nitrogens with one attached hydrogen (secondary N) is 1. The van der Waals surface area contributed by atoms with Gasteiger partial charge in [0.05, 0.1) is 17.6 Å². The zero-order valence-corrected chi connectivity index (χ0v) is 9.24. The molecule has 1 heterocycles. The Labute approximate surface area is 97.5 Å². The summed E-state index contributed by atoms with van der Waals surface area (Å²) in [5.41, 5.74) is 0.490. The maximum atomic E-state index is 10.8. The van der Waals surface area contributed by atoms with E-state index in [1.165, 1.54) is 12.1 Å². The van der Waals surface area contributed by atoms with Crippen molar-refractivity contribution in [1.82, 2.24) is 0 Å². The molecule has 1 aromatic carbocycles. The van der Waals surface area contributed by atoms with Crippen molar-refractivity contribution in [1.29, 1.82) is 0 Å². The number of hydrogen-bond acceptors (Lipinski definition) is 4. The van der Waals surface area contributed by atoms with Crippen molar-refractivity contribution in [2.45, 2.75) is 12.5 Å². The summed E-state index contributed by atoms with van der Waals surface area (Å²) in [4.78, 5) is 10.4. The topological polar surface area (TPSA) is 64.4 Å². The Morgan fingerprint density at radius 2 is 2.38 bits per heavy atom. The third kappa shape index (κ3) is 2.43. The van der Waals surface area contributed by atoms with Gasteiger partial charge in [0.1, 0.15) is 5.69 Å². The monoisotopic (exact) mass is 242 g/mol.